The third-order valence-corrected chi connectivity index (χ3v) is 8.45. The molecule has 0 unspecified atom stereocenters. The van der Waals surface area contributed by atoms with Gasteiger partial charge in [0.05, 0.1) is 17.7 Å². The van der Waals surface area contributed by atoms with Crippen LogP contribution in [0.4, 0.5) is 5.69 Å². The summed E-state index contributed by atoms with van der Waals surface area (Å²) in [6.45, 7) is 10.4. The summed E-state index contributed by atoms with van der Waals surface area (Å²) in [4.78, 5) is 28.7. The van der Waals surface area contributed by atoms with Crippen molar-refractivity contribution in [3.05, 3.63) is 88.4 Å². The van der Waals surface area contributed by atoms with Crippen LogP contribution >= 0.6 is 11.6 Å². The molecule has 0 radical (unpaired) electrons. The minimum absolute atomic E-state index is 0.0298. The highest BCUT2D eigenvalue weighted by molar-refractivity contribution is 7.92. The van der Waals surface area contributed by atoms with Gasteiger partial charge >= 0.3 is 0 Å². The summed E-state index contributed by atoms with van der Waals surface area (Å²) in [7, 11) is -2.77. The third-order valence-electron chi connectivity index (χ3n) is 6.42. The van der Waals surface area contributed by atoms with Gasteiger partial charge in [0.1, 0.15) is 18.3 Å². The van der Waals surface area contributed by atoms with Gasteiger partial charge < -0.3 is 15.0 Å². The molecule has 0 saturated carbocycles. The Bertz CT molecular complexity index is 1480. The Kier molecular flexibility index (Phi) is 10.1. The number of carbonyl (C=O) groups is 2. The van der Waals surface area contributed by atoms with Crippen molar-refractivity contribution in [2.75, 3.05) is 18.0 Å². The lowest BCUT2D eigenvalue weighted by Crippen LogP contribution is -2.54. The minimum atomic E-state index is -4.21. The summed E-state index contributed by atoms with van der Waals surface area (Å²) in [5.41, 5.74) is 2.11. The number of methoxy groups -OCH3 is 1. The van der Waals surface area contributed by atoms with Crippen molar-refractivity contribution < 1.29 is 22.7 Å². The van der Waals surface area contributed by atoms with E-state index in [0.717, 1.165) is 21.0 Å². The van der Waals surface area contributed by atoms with Crippen LogP contribution in [0.25, 0.3) is 0 Å². The number of amides is 2. The van der Waals surface area contributed by atoms with Crippen LogP contribution in [-0.2, 0) is 26.2 Å². The number of halogens is 1. The van der Waals surface area contributed by atoms with E-state index in [0.29, 0.717) is 10.8 Å². The molecule has 1 atom stereocenters. The zero-order valence-corrected chi connectivity index (χ0v) is 26.1. The summed E-state index contributed by atoms with van der Waals surface area (Å²) in [5, 5.41) is 3.45. The van der Waals surface area contributed by atoms with Crippen LogP contribution in [0.2, 0.25) is 5.02 Å². The molecule has 0 fully saturated rings. The second-order valence-corrected chi connectivity index (χ2v) is 13.4. The van der Waals surface area contributed by atoms with Gasteiger partial charge in [0.2, 0.25) is 11.8 Å². The van der Waals surface area contributed by atoms with Gasteiger partial charge in [-0.1, -0.05) is 47.5 Å². The molecule has 8 nitrogen and oxygen atoms in total. The smallest absolute Gasteiger partial charge is 0.264 e. The molecule has 0 aliphatic heterocycles. The number of carbonyl (C=O) groups excluding carboxylic acids is 2. The molecular weight excluding hydrogens is 562 g/mol. The molecule has 41 heavy (non-hydrogen) atoms. The number of hydrogen-bond donors (Lipinski definition) is 1. The first-order chi connectivity index (χ1) is 19.1. The first kappa shape index (κ1) is 32.0. The standard InChI is InChI=1S/C31H38ClN3O5S/c1-21-8-15-26(16-9-21)41(38,39)35(27-18-22(2)10-17-28(27)40-7)20-29(36)34(19-24-11-13-25(32)14-12-24)23(3)30(37)33-31(4,5)6/h8-18,23H,19-20H2,1-7H3,(H,33,37)/t23-/m1/s1. The molecule has 0 heterocycles. The number of anilines is 1. The fourth-order valence-electron chi connectivity index (χ4n) is 4.19. The molecule has 0 bridgehead atoms. The molecule has 3 aromatic rings. The lowest BCUT2D eigenvalue weighted by molar-refractivity contribution is -0.140. The van der Waals surface area contributed by atoms with Crippen LogP contribution in [0.3, 0.4) is 0 Å². The molecular formula is C31H38ClN3O5S. The molecule has 10 heteroatoms. The maximum Gasteiger partial charge on any atom is 0.264 e. The fraction of sp³-hybridized carbons (Fsp3) is 0.355. The molecule has 2 amide bonds. The maximum absolute atomic E-state index is 14.1. The third kappa shape index (κ3) is 8.24. The van der Waals surface area contributed by atoms with Crippen molar-refractivity contribution in [1.29, 1.82) is 0 Å². The van der Waals surface area contributed by atoms with E-state index in [1.165, 1.54) is 24.1 Å². The quantitative estimate of drug-likeness (QED) is 0.332. The van der Waals surface area contributed by atoms with E-state index in [1.807, 2.05) is 34.6 Å². The predicted molar refractivity (Wildman–Crippen MR) is 163 cm³/mol. The molecule has 0 saturated heterocycles. The first-order valence-corrected chi connectivity index (χ1v) is 15.0. The predicted octanol–water partition coefficient (Wildman–Crippen LogP) is 5.49. The van der Waals surface area contributed by atoms with Gasteiger partial charge in [-0.25, -0.2) is 8.42 Å². The molecule has 220 valence electrons. The number of nitrogens with zero attached hydrogens (tertiary/aromatic N) is 2. The van der Waals surface area contributed by atoms with Gasteiger partial charge in [0.15, 0.2) is 0 Å². The van der Waals surface area contributed by atoms with Crippen LogP contribution in [0.15, 0.2) is 71.6 Å². The Morgan fingerprint density at radius 2 is 1.54 bits per heavy atom. The van der Waals surface area contributed by atoms with Gasteiger partial charge in [-0.3, -0.25) is 13.9 Å². The molecule has 0 spiro atoms. The summed E-state index contributed by atoms with van der Waals surface area (Å²) in [6, 6.07) is 17.6. The maximum atomic E-state index is 14.1. The summed E-state index contributed by atoms with van der Waals surface area (Å²) in [6.07, 6.45) is 0. The monoisotopic (exact) mass is 599 g/mol. The van der Waals surface area contributed by atoms with Crippen LogP contribution in [-0.4, -0.2) is 50.4 Å². The number of benzene rings is 3. The summed E-state index contributed by atoms with van der Waals surface area (Å²) >= 11 is 6.06. The van der Waals surface area contributed by atoms with Crippen LogP contribution < -0.4 is 14.4 Å². The Labute approximate surface area is 248 Å². The van der Waals surface area contributed by atoms with Crippen molar-refractivity contribution in [3.8, 4) is 5.75 Å². The normalized spacial score (nSPS) is 12.4. The Hall–Kier alpha value is -3.56. The molecule has 1 N–H and O–H groups in total. The van der Waals surface area contributed by atoms with Gasteiger partial charge in [0.25, 0.3) is 10.0 Å². The second-order valence-electron chi connectivity index (χ2n) is 11.1. The zero-order chi connectivity index (χ0) is 30.5. The Morgan fingerprint density at radius 3 is 2.10 bits per heavy atom. The van der Waals surface area contributed by atoms with Crippen molar-refractivity contribution >= 4 is 39.1 Å². The topological polar surface area (TPSA) is 96.0 Å². The van der Waals surface area contributed by atoms with E-state index >= 15 is 0 Å². The number of hydrogen-bond acceptors (Lipinski definition) is 5. The van der Waals surface area contributed by atoms with Gasteiger partial charge in [-0.05, 0) is 89.1 Å². The van der Waals surface area contributed by atoms with Gasteiger partial charge in [-0.2, -0.15) is 0 Å². The first-order valence-electron chi connectivity index (χ1n) is 13.2. The van der Waals surface area contributed by atoms with Crippen LogP contribution in [0.5, 0.6) is 5.75 Å². The highest BCUT2D eigenvalue weighted by Crippen LogP contribution is 2.34. The number of nitrogens with one attached hydrogen (secondary N) is 1. The number of sulfonamides is 1. The molecule has 0 aromatic heterocycles. The van der Waals surface area contributed by atoms with Crippen LogP contribution in [0.1, 0.15) is 44.4 Å². The van der Waals surface area contributed by atoms with E-state index < -0.39 is 34.1 Å². The molecule has 3 aromatic carbocycles. The SMILES string of the molecule is COc1ccc(C)cc1N(CC(=O)N(Cc1ccc(Cl)cc1)[C@H](C)C(=O)NC(C)(C)C)S(=O)(=O)c1ccc(C)cc1. The largest absolute Gasteiger partial charge is 0.495 e. The molecule has 0 aliphatic carbocycles. The van der Waals surface area contributed by atoms with E-state index in [1.54, 1.807) is 61.5 Å². The average Bonchev–Trinajstić information content (AvgIpc) is 2.90. The van der Waals surface area contributed by atoms with Crippen molar-refractivity contribution in [1.82, 2.24) is 10.2 Å². The summed E-state index contributed by atoms with van der Waals surface area (Å²) < 4.78 is 34.7. The number of ether oxygens (including phenoxy) is 1. The number of rotatable bonds is 10. The van der Waals surface area contributed by atoms with E-state index in [9.17, 15) is 18.0 Å². The Morgan fingerprint density at radius 1 is 0.951 bits per heavy atom. The highest BCUT2D eigenvalue weighted by Gasteiger charge is 2.34. The number of aryl methyl sites for hydroxylation is 2. The lowest BCUT2D eigenvalue weighted by atomic mass is 10.1. The zero-order valence-electron chi connectivity index (χ0n) is 24.6. The minimum Gasteiger partial charge on any atom is -0.495 e. The van der Waals surface area contributed by atoms with Gasteiger partial charge in [0, 0.05) is 17.1 Å². The van der Waals surface area contributed by atoms with E-state index in [-0.39, 0.29) is 23.0 Å². The van der Waals surface area contributed by atoms with E-state index in [2.05, 4.69) is 5.32 Å². The van der Waals surface area contributed by atoms with Gasteiger partial charge in [-0.15, -0.1) is 0 Å². The van der Waals surface area contributed by atoms with E-state index in [4.69, 9.17) is 16.3 Å². The highest BCUT2D eigenvalue weighted by atomic mass is 35.5. The Balaban J connectivity index is 2.10. The average molecular weight is 600 g/mol. The van der Waals surface area contributed by atoms with Crippen molar-refractivity contribution in [3.63, 3.8) is 0 Å². The summed E-state index contributed by atoms with van der Waals surface area (Å²) in [5.74, 6) is -0.626. The second kappa shape index (κ2) is 13.0. The molecule has 0 aliphatic rings. The fourth-order valence-corrected chi connectivity index (χ4v) is 5.73. The lowest BCUT2D eigenvalue weighted by Gasteiger charge is -2.33. The van der Waals surface area contributed by atoms with Crippen molar-refractivity contribution in [2.24, 2.45) is 0 Å². The molecule has 3 rings (SSSR count). The van der Waals surface area contributed by atoms with Crippen LogP contribution in [0, 0.1) is 13.8 Å². The van der Waals surface area contributed by atoms with Crippen molar-refractivity contribution in [2.45, 2.75) is 64.6 Å².